The molecule has 0 aliphatic heterocycles. The van der Waals surface area contributed by atoms with Gasteiger partial charge in [0.25, 0.3) is 0 Å². The molecule has 2 aromatic heterocycles. The second kappa shape index (κ2) is 5.05. The van der Waals surface area contributed by atoms with Crippen LogP contribution in [0.25, 0.3) is 32.7 Å². The van der Waals surface area contributed by atoms with Crippen LogP contribution in [-0.2, 0) is 0 Å². The van der Waals surface area contributed by atoms with Crippen molar-refractivity contribution in [1.29, 1.82) is 0 Å². The average Bonchev–Trinajstić information content (AvgIpc) is 2.98. The maximum absolute atomic E-state index is 5.62. The van der Waals surface area contributed by atoms with Crippen LogP contribution in [0.3, 0.4) is 0 Å². The topological polar surface area (TPSA) is 56.4 Å². The average molecular weight is 308 g/mol. The zero-order valence-electron chi connectivity index (χ0n) is 13.1. The second-order valence-corrected chi connectivity index (χ2v) is 5.26. The van der Waals surface area contributed by atoms with Gasteiger partial charge < -0.3 is 19.2 Å². The smallest absolute Gasteiger partial charge is 0.204 e. The van der Waals surface area contributed by atoms with E-state index in [0.717, 1.165) is 32.7 Å². The lowest BCUT2D eigenvalue weighted by Crippen LogP contribution is -1.95. The van der Waals surface area contributed by atoms with Crippen molar-refractivity contribution in [3.05, 3.63) is 36.5 Å². The van der Waals surface area contributed by atoms with E-state index in [9.17, 15) is 0 Å². The first-order valence-corrected chi connectivity index (χ1v) is 7.26. The molecule has 1 N–H and O–H groups in total. The number of nitrogens with zero attached hydrogens (tertiary/aromatic N) is 1. The van der Waals surface area contributed by atoms with Crippen LogP contribution in [-0.4, -0.2) is 31.3 Å². The molecule has 0 saturated carbocycles. The Balaban J connectivity index is 2.23. The van der Waals surface area contributed by atoms with E-state index in [2.05, 4.69) is 16.0 Å². The zero-order chi connectivity index (χ0) is 16.0. The Morgan fingerprint density at radius 1 is 0.913 bits per heavy atom. The van der Waals surface area contributed by atoms with Gasteiger partial charge in [0.2, 0.25) is 5.75 Å². The third kappa shape index (κ3) is 1.83. The Morgan fingerprint density at radius 2 is 1.70 bits per heavy atom. The third-order valence-electron chi connectivity index (χ3n) is 4.13. The molecule has 0 atom stereocenters. The van der Waals surface area contributed by atoms with Gasteiger partial charge in [0.05, 0.1) is 43.3 Å². The number of fused-ring (bicyclic) bond motifs is 5. The van der Waals surface area contributed by atoms with Gasteiger partial charge in [-0.15, -0.1) is 0 Å². The van der Waals surface area contributed by atoms with Gasteiger partial charge in [0.15, 0.2) is 11.5 Å². The normalized spacial score (nSPS) is 11.3. The highest BCUT2D eigenvalue weighted by molar-refractivity contribution is 6.18. The molecule has 4 aromatic rings. The second-order valence-electron chi connectivity index (χ2n) is 5.26. The van der Waals surface area contributed by atoms with Crippen LogP contribution in [0, 0.1) is 0 Å². The van der Waals surface area contributed by atoms with Gasteiger partial charge in [-0.25, -0.2) is 0 Å². The number of ether oxygens (including phenoxy) is 3. The number of hydrogen-bond donors (Lipinski definition) is 1. The van der Waals surface area contributed by atoms with Crippen molar-refractivity contribution < 1.29 is 14.2 Å². The lowest BCUT2D eigenvalue weighted by Gasteiger charge is -2.13. The van der Waals surface area contributed by atoms with Crippen molar-refractivity contribution in [3.8, 4) is 17.2 Å². The molecule has 0 fully saturated rings. The number of benzene rings is 2. The largest absolute Gasteiger partial charge is 0.493 e. The molecule has 0 spiro atoms. The number of para-hydroxylation sites is 1. The highest BCUT2D eigenvalue weighted by atomic mass is 16.5. The quantitative estimate of drug-likeness (QED) is 0.624. The summed E-state index contributed by atoms with van der Waals surface area (Å²) >= 11 is 0. The molecule has 0 unspecified atom stereocenters. The van der Waals surface area contributed by atoms with E-state index in [-0.39, 0.29) is 0 Å². The molecule has 2 heterocycles. The van der Waals surface area contributed by atoms with Gasteiger partial charge in [0, 0.05) is 23.0 Å². The SMILES string of the molecule is COc1cc2[nH]c3c4ccccc4ncc3c2c(OC)c1OC. The van der Waals surface area contributed by atoms with Crippen LogP contribution in [0.4, 0.5) is 0 Å². The molecule has 4 rings (SSSR count). The van der Waals surface area contributed by atoms with Crippen LogP contribution < -0.4 is 14.2 Å². The van der Waals surface area contributed by atoms with Crippen LogP contribution in [0.15, 0.2) is 36.5 Å². The number of pyridine rings is 1. The molecular weight excluding hydrogens is 292 g/mol. The summed E-state index contributed by atoms with van der Waals surface area (Å²) in [6, 6.07) is 9.97. The summed E-state index contributed by atoms with van der Waals surface area (Å²) in [5, 5.41) is 3.01. The predicted octanol–water partition coefficient (Wildman–Crippen LogP) is 3.90. The number of methoxy groups -OCH3 is 3. The highest BCUT2D eigenvalue weighted by Gasteiger charge is 2.20. The molecule has 23 heavy (non-hydrogen) atoms. The number of rotatable bonds is 3. The van der Waals surface area contributed by atoms with E-state index >= 15 is 0 Å². The number of nitrogens with one attached hydrogen (secondary N) is 1. The number of aromatic amines is 1. The predicted molar refractivity (Wildman–Crippen MR) is 90.8 cm³/mol. The van der Waals surface area contributed by atoms with E-state index in [1.54, 1.807) is 21.3 Å². The molecule has 0 radical (unpaired) electrons. The van der Waals surface area contributed by atoms with Crippen LogP contribution in [0.1, 0.15) is 0 Å². The molecule has 5 nitrogen and oxygen atoms in total. The molecule has 5 heteroatoms. The van der Waals surface area contributed by atoms with E-state index in [0.29, 0.717) is 17.2 Å². The van der Waals surface area contributed by atoms with Gasteiger partial charge in [-0.05, 0) is 6.07 Å². The Bertz CT molecular complexity index is 1040. The number of aromatic nitrogens is 2. The number of H-pyrrole nitrogens is 1. The minimum absolute atomic E-state index is 0.580. The van der Waals surface area contributed by atoms with Crippen molar-refractivity contribution in [3.63, 3.8) is 0 Å². The van der Waals surface area contributed by atoms with E-state index in [1.165, 1.54) is 0 Å². The van der Waals surface area contributed by atoms with Gasteiger partial charge in [0.1, 0.15) is 0 Å². The summed E-state index contributed by atoms with van der Waals surface area (Å²) in [4.78, 5) is 8.02. The summed E-state index contributed by atoms with van der Waals surface area (Å²) < 4.78 is 16.5. The van der Waals surface area contributed by atoms with Crippen molar-refractivity contribution in [2.45, 2.75) is 0 Å². The highest BCUT2D eigenvalue weighted by Crippen LogP contribution is 2.46. The first-order chi connectivity index (χ1) is 11.3. The fourth-order valence-electron chi connectivity index (χ4n) is 3.12. The summed E-state index contributed by atoms with van der Waals surface area (Å²) in [6.07, 6.45) is 1.87. The summed E-state index contributed by atoms with van der Waals surface area (Å²) in [5.41, 5.74) is 2.90. The van der Waals surface area contributed by atoms with Crippen molar-refractivity contribution in [1.82, 2.24) is 9.97 Å². The molecule has 116 valence electrons. The molecule has 0 aliphatic rings. The molecule has 2 aromatic carbocycles. The Labute approximate surface area is 132 Å². The van der Waals surface area contributed by atoms with Crippen molar-refractivity contribution in [2.75, 3.05) is 21.3 Å². The first-order valence-electron chi connectivity index (χ1n) is 7.26. The van der Waals surface area contributed by atoms with E-state index in [1.807, 2.05) is 30.5 Å². The van der Waals surface area contributed by atoms with E-state index in [4.69, 9.17) is 14.2 Å². The maximum atomic E-state index is 5.62. The molecule has 0 bridgehead atoms. The minimum Gasteiger partial charge on any atom is -0.493 e. The molecular formula is C18H16N2O3. The number of hydrogen-bond acceptors (Lipinski definition) is 4. The van der Waals surface area contributed by atoms with Crippen LogP contribution >= 0.6 is 0 Å². The summed E-state index contributed by atoms with van der Waals surface area (Å²) in [7, 11) is 4.85. The Morgan fingerprint density at radius 3 is 2.43 bits per heavy atom. The minimum atomic E-state index is 0.580. The van der Waals surface area contributed by atoms with Gasteiger partial charge in [-0.1, -0.05) is 18.2 Å². The van der Waals surface area contributed by atoms with Gasteiger partial charge >= 0.3 is 0 Å². The molecule has 0 amide bonds. The lowest BCUT2D eigenvalue weighted by molar-refractivity contribution is 0.327. The van der Waals surface area contributed by atoms with Crippen molar-refractivity contribution in [2.24, 2.45) is 0 Å². The maximum Gasteiger partial charge on any atom is 0.204 e. The monoisotopic (exact) mass is 308 g/mol. The summed E-state index contributed by atoms with van der Waals surface area (Å²) in [5.74, 6) is 1.85. The fourth-order valence-corrected chi connectivity index (χ4v) is 3.12. The summed E-state index contributed by atoms with van der Waals surface area (Å²) in [6.45, 7) is 0. The molecule has 0 saturated heterocycles. The fraction of sp³-hybridized carbons (Fsp3) is 0.167. The van der Waals surface area contributed by atoms with Gasteiger partial charge in [-0.2, -0.15) is 0 Å². The standard InChI is InChI=1S/C18H16N2O3/c1-21-14-8-13-15(18(23-3)17(14)22-2)11-9-19-12-7-5-4-6-10(12)16(11)20-13/h4-9,20H,1-3H3. The van der Waals surface area contributed by atoms with Crippen LogP contribution in [0.2, 0.25) is 0 Å². The molecule has 0 aliphatic carbocycles. The first kappa shape index (κ1) is 13.7. The van der Waals surface area contributed by atoms with Crippen LogP contribution in [0.5, 0.6) is 17.2 Å². The third-order valence-corrected chi connectivity index (χ3v) is 4.13. The zero-order valence-corrected chi connectivity index (χ0v) is 13.1. The van der Waals surface area contributed by atoms with E-state index < -0.39 is 0 Å². The lowest BCUT2D eigenvalue weighted by atomic mass is 10.1. The Kier molecular flexibility index (Phi) is 3.01. The van der Waals surface area contributed by atoms with Crippen molar-refractivity contribution >= 4 is 32.7 Å². The van der Waals surface area contributed by atoms with Gasteiger partial charge in [-0.3, -0.25) is 4.98 Å². The Hall–Kier alpha value is -2.95.